The van der Waals surface area contributed by atoms with E-state index in [1.54, 1.807) is 0 Å². The van der Waals surface area contributed by atoms with Crippen LogP contribution < -0.4 is 0 Å². The van der Waals surface area contributed by atoms with E-state index in [4.69, 9.17) is 41.7 Å². The number of hydrogen-bond donors (Lipinski definition) is 8. The normalized spacial score (nSPS) is 7.36. The Kier molecular flexibility index (Phi) is 33.5. The van der Waals surface area contributed by atoms with Gasteiger partial charge in [0.2, 0.25) is 0 Å². The molecule has 0 aliphatic rings. The van der Waals surface area contributed by atoms with E-state index in [0.717, 1.165) is 0 Å². The molecule has 0 aliphatic carbocycles. The van der Waals surface area contributed by atoms with Crippen LogP contribution in [0.25, 0.3) is 0 Å². The molecule has 8 N–H and O–H groups in total. The minimum atomic E-state index is -0.380. The van der Waals surface area contributed by atoms with E-state index < -0.39 is 0 Å². The first-order valence-corrected chi connectivity index (χ1v) is 7.39. The predicted molar refractivity (Wildman–Crippen MR) is 101 cm³/mol. The number of rotatable bonds is 0. The van der Waals surface area contributed by atoms with E-state index in [-0.39, 0.29) is 59.3 Å². The van der Waals surface area contributed by atoms with Gasteiger partial charge in [-0.05, 0) is 17.3 Å². The molecular formula is C4H8MoN4O8S8. The molecule has 25 heavy (non-hydrogen) atoms. The van der Waals surface area contributed by atoms with Crippen molar-refractivity contribution in [2.45, 2.75) is 0 Å². The van der Waals surface area contributed by atoms with Crippen LogP contribution in [-0.4, -0.2) is 79.8 Å². The topological polar surface area (TPSA) is 175 Å². The Bertz CT molecular complexity index is 328. The van der Waals surface area contributed by atoms with Crippen molar-refractivity contribution in [1.82, 2.24) is 20.9 Å². The van der Waals surface area contributed by atoms with E-state index in [0.29, 0.717) is 0 Å². The van der Waals surface area contributed by atoms with Gasteiger partial charge in [0.15, 0.2) is 0 Å². The van der Waals surface area contributed by atoms with Crippen LogP contribution in [0.15, 0.2) is 0 Å². The summed E-state index contributed by atoms with van der Waals surface area (Å²) in [5, 5.41) is 61.0. The van der Waals surface area contributed by atoms with E-state index in [9.17, 15) is 0 Å². The van der Waals surface area contributed by atoms with E-state index in [1.165, 1.54) is 0 Å². The molecule has 0 amide bonds. The van der Waals surface area contributed by atoms with Crippen molar-refractivity contribution in [2.75, 3.05) is 0 Å². The monoisotopic (exact) mass is 594 g/mol. The molecule has 21 heteroatoms. The molecule has 0 saturated carbocycles. The molecule has 12 nitrogen and oxygen atoms in total. The zero-order chi connectivity index (χ0) is 20.6. The molecule has 0 radical (unpaired) electrons. The maximum absolute atomic E-state index is 7.77. The standard InChI is InChI=1S/4CH3NO2S2.Mo/c4*3-2(4)1(5)6;/h4*3-4H,(H,5,6);/q;;;;+4/p-4. The molecule has 0 aliphatic heterocycles. The predicted octanol–water partition coefficient (Wildman–Crippen LogP) is -0.408. The van der Waals surface area contributed by atoms with Gasteiger partial charge >= 0.3 is 21.1 Å². The minimum Gasteiger partial charge on any atom is -0.406 e. The third kappa shape index (κ3) is 45.7. The number of hydrogen-bond acceptors (Lipinski definition) is 16. The summed E-state index contributed by atoms with van der Waals surface area (Å²) < 4.78 is -1.52. The summed E-state index contributed by atoms with van der Waals surface area (Å²) in [6.07, 6.45) is 0. The van der Waals surface area contributed by atoms with Crippen LogP contribution >= 0.6 is 48.9 Å². The van der Waals surface area contributed by atoms with Gasteiger partial charge in [-0.3, -0.25) is 41.7 Å². The van der Waals surface area contributed by atoms with Crippen LogP contribution in [0.3, 0.4) is 0 Å². The van der Waals surface area contributed by atoms with Gasteiger partial charge in [0.05, 0.1) is 0 Å². The van der Waals surface area contributed by atoms with E-state index in [1.807, 2.05) is 0 Å². The summed E-state index contributed by atoms with van der Waals surface area (Å²) in [4.78, 5) is 0. The Balaban J connectivity index is -0.0000000702. The Morgan fingerprint density at radius 2 is 0.480 bits per heavy atom. The van der Waals surface area contributed by atoms with Crippen molar-refractivity contribution in [1.29, 1.82) is 0 Å². The molecule has 0 bridgehead atoms. The van der Waals surface area contributed by atoms with Gasteiger partial charge in [0.25, 0.3) is 0 Å². The first kappa shape index (κ1) is 36.7. The fraction of sp³-hybridized carbons (Fsp3) is 0. The number of nitrogens with zero attached hydrogens (tertiary/aromatic N) is 4. The van der Waals surface area contributed by atoms with Gasteiger partial charge in [-0.15, -0.1) is 0 Å². The second-order valence-corrected chi connectivity index (χ2v) is 6.35. The average Bonchev–Trinajstić information content (AvgIpc) is 2.40. The summed E-state index contributed by atoms with van der Waals surface area (Å²) >= 11 is 32.5. The van der Waals surface area contributed by atoms with Crippen LogP contribution in [0, 0.1) is 0 Å². The summed E-state index contributed by atoms with van der Waals surface area (Å²) in [7, 11) is 0. The zero-order valence-corrected chi connectivity index (χ0v) is 19.6. The maximum atomic E-state index is 7.77. The molecule has 0 aromatic carbocycles. The Morgan fingerprint density at radius 1 is 0.440 bits per heavy atom. The quantitative estimate of drug-likeness (QED) is 0.0788. The van der Waals surface area contributed by atoms with Crippen LogP contribution in [0.4, 0.5) is 0 Å². The molecule has 146 valence electrons. The van der Waals surface area contributed by atoms with E-state index >= 15 is 0 Å². The second kappa shape index (κ2) is 22.8. The fourth-order valence-electron chi connectivity index (χ4n) is 0. The van der Waals surface area contributed by atoms with Gasteiger partial charge < -0.3 is 99.4 Å². The maximum Gasteiger partial charge on any atom is 4.00 e. The van der Waals surface area contributed by atoms with Crippen LogP contribution in [0.1, 0.15) is 0 Å². The largest absolute Gasteiger partial charge is 4.00 e. The van der Waals surface area contributed by atoms with Gasteiger partial charge in [-0.2, -0.15) is 20.9 Å². The van der Waals surface area contributed by atoms with E-state index in [2.05, 4.69) is 99.4 Å². The van der Waals surface area contributed by atoms with Crippen molar-refractivity contribution in [3.63, 3.8) is 0 Å². The van der Waals surface area contributed by atoms with Gasteiger partial charge in [-0.25, -0.2) is 0 Å². The van der Waals surface area contributed by atoms with Crippen molar-refractivity contribution in [3.8, 4) is 0 Å². The molecule has 0 unspecified atom stereocenters. The summed E-state index contributed by atoms with van der Waals surface area (Å²) in [6, 6.07) is 0. The Hall–Kier alpha value is 0.808. The van der Waals surface area contributed by atoms with Crippen molar-refractivity contribution < 1.29 is 62.7 Å². The SMILES string of the molecule is ON(O)C(=S)[S-].ON(O)C(=S)[S-].ON(O)C(=S)[S-].ON(O)C(=S)[S-].[Mo+4]. The van der Waals surface area contributed by atoms with Crippen molar-refractivity contribution in [2.24, 2.45) is 0 Å². The second-order valence-electron chi connectivity index (χ2n) is 2.22. The molecule has 0 fully saturated rings. The van der Waals surface area contributed by atoms with Crippen LogP contribution in [-0.2, 0) is 71.6 Å². The minimum absolute atomic E-state index is 0. The molecule has 0 saturated heterocycles. The molecule has 0 atom stereocenters. The summed E-state index contributed by atoms with van der Waals surface area (Å²) in [5.74, 6) is 0. The molecule has 0 aromatic rings. The molecule has 0 aromatic heterocycles. The smallest absolute Gasteiger partial charge is 0.406 e. The van der Waals surface area contributed by atoms with Gasteiger partial charge in [0.1, 0.15) is 0 Å². The molecule has 0 heterocycles. The van der Waals surface area contributed by atoms with Crippen molar-refractivity contribution in [3.05, 3.63) is 0 Å². The third-order valence-corrected chi connectivity index (χ3v) is 1.96. The van der Waals surface area contributed by atoms with Crippen LogP contribution in [0.2, 0.25) is 0 Å². The fourth-order valence-corrected chi connectivity index (χ4v) is 0. The molecule has 0 rings (SSSR count). The van der Waals surface area contributed by atoms with Crippen molar-refractivity contribution >= 4 is 117 Å². The first-order chi connectivity index (χ1) is 10.6. The molecule has 0 spiro atoms. The van der Waals surface area contributed by atoms with Crippen LogP contribution in [0.5, 0.6) is 0 Å². The average molecular weight is 593 g/mol. The number of thiocarbonyl (C=S) groups is 4. The Labute approximate surface area is 198 Å². The first-order valence-electron chi connectivity index (χ1n) is 4.13. The molecular weight excluding hydrogens is 585 g/mol. The Morgan fingerprint density at radius 3 is 0.480 bits per heavy atom. The summed E-state index contributed by atoms with van der Waals surface area (Å²) in [6.45, 7) is 0. The van der Waals surface area contributed by atoms with Gasteiger partial charge in [-0.1, -0.05) is 0 Å². The zero-order valence-electron chi connectivity index (χ0n) is 11.0. The number of hydroxylamine groups is 8. The summed E-state index contributed by atoms with van der Waals surface area (Å²) in [5.41, 5.74) is 0. The van der Waals surface area contributed by atoms with Gasteiger partial charge in [0, 0.05) is 0 Å². The third-order valence-electron chi connectivity index (χ3n) is 0.653.